The van der Waals surface area contributed by atoms with Crippen molar-refractivity contribution in [2.24, 2.45) is 0 Å². The number of carbonyl (C=O) groups excluding carboxylic acids is 1. The predicted octanol–water partition coefficient (Wildman–Crippen LogP) is 3.16. The van der Waals surface area contributed by atoms with Crippen molar-refractivity contribution in [3.8, 4) is 5.75 Å². The molecular formula is C14H20N2O2. The van der Waals surface area contributed by atoms with E-state index < -0.39 is 0 Å². The van der Waals surface area contributed by atoms with E-state index in [-0.39, 0.29) is 11.8 Å². The molecule has 1 aromatic rings. The van der Waals surface area contributed by atoms with E-state index in [1.54, 1.807) is 18.0 Å². The van der Waals surface area contributed by atoms with Crippen LogP contribution in [-0.4, -0.2) is 22.7 Å². The van der Waals surface area contributed by atoms with E-state index in [0.29, 0.717) is 11.4 Å². The van der Waals surface area contributed by atoms with Gasteiger partial charge in [0, 0.05) is 6.04 Å². The third kappa shape index (κ3) is 2.33. The summed E-state index contributed by atoms with van der Waals surface area (Å²) in [5, 5.41) is 4.25. The zero-order valence-corrected chi connectivity index (χ0v) is 11.3. The molecule has 2 rings (SSSR count). The minimum atomic E-state index is 0.0674. The summed E-state index contributed by atoms with van der Waals surface area (Å²) in [7, 11) is 1.58. The molecule has 1 aromatic heterocycles. The third-order valence-corrected chi connectivity index (χ3v) is 3.27. The fraction of sp³-hybridized carbons (Fsp3) is 0.571. The SMILES string of the molecule is COc1cnn(C(C)C)c1C(=O)C1=CCCCC1. The number of rotatable bonds is 4. The first kappa shape index (κ1) is 12.9. The van der Waals surface area contributed by atoms with Crippen molar-refractivity contribution in [3.63, 3.8) is 0 Å². The number of aromatic nitrogens is 2. The molecule has 4 heteroatoms. The van der Waals surface area contributed by atoms with Gasteiger partial charge < -0.3 is 4.74 Å². The molecule has 4 nitrogen and oxygen atoms in total. The monoisotopic (exact) mass is 248 g/mol. The van der Waals surface area contributed by atoms with Crippen LogP contribution in [0.3, 0.4) is 0 Å². The number of allylic oxidation sites excluding steroid dienone is 2. The van der Waals surface area contributed by atoms with Gasteiger partial charge in [0.15, 0.2) is 11.4 Å². The normalized spacial score (nSPS) is 15.7. The highest BCUT2D eigenvalue weighted by Crippen LogP contribution is 2.27. The molecular weight excluding hydrogens is 228 g/mol. The highest BCUT2D eigenvalue weighted by atomic mass is 16.5. The lowest BCUT2D eigenvalue weighted by Crippen LogP contribution is -2.16. The van der Waals surface area contributed by atoms with Crippen molar-refractivity contribution in [1.29, 1.82) is 0 Å². The number of hydrogen-bond acceptors (Lipinski definition) is 3. The minimum Gasteiger partial charge on any atom is -0.493 e. The van der Waals surface area contributed by atoms with Crippen molar-refractivity contribution in [1.82, 2.24) is 9.78 Å². The quantitative estimate of drug-likeness (QED) is 0.769. The molecule has 0 spiro atoms. The molecule has 0 aromatic carbocycles. The molecule has 18 heavy (non-hydrogen) atoms. The summed E-state index contributed by atoms with van der Waals surface area (Å²) in [6.07, 6.45) is 7.82. The molecule has 0 aliphatic heterocycles. The number of carbonyl (C=O) groups is 1. The maximum atomic E-state index is 12.6. The van der Waals surface area contributed by atoms with Gasteiger partial charge in [0.2, 0.25) is 5.78 Å². The fourth-order valence-electron chi connectivity index (χ4n) is 2.30. The summed E-state index contributed by atoms with van der Waals surface area (Å²) in [5.41, 5.74) is 1.49. The smallest absolute Gasteiger partial charge is 0.210 e. The van der Waals surface area contributed by atoms with Crippen LogP contribution in [0.4, 0.5) is 0 Å². The average molecular weight is 248 g/mol. The maximum Gasteiger partial charge on any atom is 0.210 e. The van der Waals surface area contributed by atoms with Crippen molar-refractivity contribution >= 4 is 5.78 Å². The number of methoxy groups -OCH3 is 1. The molecule has 1 heterocycles. The topological polar surface area (TPSA) is 44.1 Å². The van der Waals surface area contributed by atoms with Gasteiger partial charge in [-0.25, -0.2) is 0 Å². The van der Waals surface area contributed by atoms with Gasteiger partial charge in [-0.15, -0.1) is 0 Å². The zero-order valence-electron chi connectivity index (χ0n) is 11.3. The Kier molecular flexibility index (Phi) is 3.84. The van der Waals surface area contributed by atoms with Gasteiger partial charge in [-0.05, 0) is 45.1 Å². The number of ether oxygens (including phenoxy) is 1. The van der Waals surface area contributed by atoms with Crippen molar-refractivity contribution in [2.45, 2.75) is 45.6 Å². The van der Waals surface area contributed by atoms with Gasteiger partial charge in [-0.1, -0.05) is 6.08 Å². The van der Waals surface area contributed by atoms with Gasteiger partial charge in [-0.3, -0.25) is 9.48 Å². The molecule has 98 valence electrons. The Hall–Kier alpha value is -1.58. The van der Waals surface area contributed by atoms with Gasteiger partial charge in [0.25, 0.3) is 0 Å². The second-order valence-electron chi connectivity index (χ2n) is 4.90. The first-order chi connectivity index (χ1) is 8.65. The molecule has 1 aliphatic carbocycles. The predicted molar refractivity (Wildman–Crippen MR) is 70.0 cm³/mol. The maximum absolute atomic E-state index is 12.6. The van der Waals surface area contributed by atoms with E-state index in [4.69, 9.17) is 4.74 Å². The van der Waals surface area contributed by atoms with E-state index in [1.807, 2.05) is 13.8 Å². The number of ketones is 1. The number of nitrogens with zero attached hydrogens (tertiary/aromatic N) is 2. The lowest BCUT2D eigenvalue weighted by Gasteiger charge is -2.15. The summed E-state index contributed by atoms with van der Waals surface area (Å²) in [4.78, 5) is 12.6. The lowest BCUT2D eigenvalue weighted by molar-refractivity contribution is 0.101. The first-order valence-corrected chi connectivity index (χ1v) is 6.50. The van der Waals surface area contributed by atoms with Crippen LogP contribution in [0.15, 0.2) is 17.8 Å². The molecule has 0 radical (unpaired) electrons. The standard InChI is InChI=1S/C14H20N2O2/c1-10(2)16-13(12(18-3)9-15-16)14(17)11-7-5-4-6-8-11/h7,9-10H,4-6,8H2,1-3H3. The summed E-state index contributed by atoms with van der Waals surface area (Å²) >= 11 is 0. The van der Waals surface area contributed by atoms with Gasteiger partial charge in [-0.2, -0.15) is 5.10 Å². The molecule has 1 aliphatic rings. The van der Waals surface area contributed by atoms with Gasteiger partial charge >= 0.3 is 0 Å². The molecule has 0 amide bonds. The van der Waals surface area contributed by atoms with Crippen molar-refractivity contribution in [2.75, 3.05) is 7.11 Å². The van der Waals surface area contributed by atoms with Crippen molar-refractivity contribution < 1.29 is 9.53 Å². The average Bonchev–Trinajstić information content (AvgIpc) is 2.82. The lowest BCUT2D eigenvalue weighted by atomic mass is 9.95. The Morgan fingerprint density at radius 3 is 2.78 bits per heavy atom. The Morgan fingerprint density at radius 1 is 1.44 bits per heavy atom. The van der Waals surface area contributed by atoms with Crippen LogP contribution in [0.5, 0.6) is 5.75 Å². The Labute approximate surface area is 108 Å². The molecule has 0 atom stereocenters. The van der Waals surface area contributed by atoms with Crippen LogP contribution in [0.1, 0.15) is 56.1 Å². The molecule has 0 saturated heterocycles. The highest BCUT2D eigenvalue weighted by molar-refractivity contribution is 6.09. The molecule has 0 fully saturated rings. The van der Waals surface area contributed by atoms with E-state index in [9.17, 15) is 4.79 Å². The summed E-state index contributed by atoms with van der Waals surface area (Å²) in [5.74, 6) is 0.637. The second-order valence-corrected chi connectivity index (χ2v) is 4.90. The first-order valence-electron chi connectivity index (χ1n) is 6.50. The Morgan fingerprint density at radius 2 is 2.22 bits per heavy atom. The van der Waals surface area contributed by atoms with Crippen LogP contribution in [0.2, 0.25) is 0 Å². The summed E-state index contributed by atoms with van der Waals surface area (Å²) < 4.78 is 7.00. The van der Waals surface area contributed by atoms with E-state index in [1.165, 1.54) is 6.42 Å². The third-order valence-electron chi connectivity index (χ3n) is 3.27. The molecule has 0 saturated carbocycles. The Bertz CT molecular complexity index is 472. The van der Waals surface area contributed by atoms with E-state index in [2.05, 4.69) is 11.2 Å². The molecule has 0 bridgehead atoms. The zero-order chi connectivity index (χ0) is 13.1. The minimum absolute atomic E-state index is 0.0674. The van der Waals surface area contributed by atoms with Crippen LogP contribution < -0.4 is 4.74 Å². The number of hydrogen-bond donors (Lipinski definition) is 0. The van der Waals surface area contributed by atoms with Crippen LogP contribution >= 0.6 is 0 Å². The van der Waals surface area contributed by atoms with Gasteiger partial charge in [0.05, 0.1) is 13.3 Å². The van der Waals surface area contributed by atoms with E-state index >= 15 is 0 Å². The van der Waals surface area contributed by atoms with Crippen LogP contribution in [0, 0.1) is 0 Å². The second kappa shape index (κ2) is 5.38. The number of Topliss-reactive ketones (excluding diaryl/α,β-unsaturated/α-hetero) is 1. The largest absolute Gasteiger partial charge is 0.493 e. The van der Waals surface area contributed by atoms with Crippen LogP contribution in [0.25, 0.3) is 0 Å². The molecule has 0 unspecified atom stereocenters. The van der Waals surface area contributed by atoms with Crippen LogP contribution in [-0.2, 0) is 0 Å². The summed E-state index contributed by atoms with van der Waals surface area (Å²) in [6.45, 7) is 4.02. The Balaban J connectivity index is 2.39. The van der Waals surface area contributed by atoms with E-state index in [0.717, 1.165) is 24.8 Å². The molecule has 0 N–H and O–H groups in total. The van der Waals surface area contributed by atoms with Crippen molar-refractivity contribution in [3.05, 3.63) is 23.5 Å². The highest BCUT2D eigenvalue weighted by Gasteiger charge is 2.24. The summed E-state index contributed by atoms with van der Waals surface area (Å²) in [6, 6.07) is 0.150. The van der Waals surface area contributed by atoms with Gasteiger partial charge in [0.1, 0.15) is 0 Å². The fourth-order valence-corrected chi connectivity index (χ4v) is 2.30.